The third-order valence-electron chi connectivity index (χ3n) is 8.36. The van der Waals surface area contributed by atoms with Crippen LogP contribution in [0.15, 0.2) is 48.5 Å². The van der Waals surface area contributed by atoms with Crippen LogP contribution in [0.5, 0.6) is 0 Å². The lowest BCUT2D eigenvalue weighted by Crippen LogP contribution is -2.41. The number of nitriles is 1. The van der Waals surface area contributed by atoms with Crippen molar-refractivity contribution in [2.75, 3.05) is 19.7 Å². The minimum Gasteiger partial charge on any atom is -0.480 e. The lowest BCUT2D eigenvalue weighted by atomic mass is 9.94. The van der Waals surface area contributed by atoms with E-state index in [-0.39, 0.29) is 36.3 Å². The van der Waals surface area contributed by atoms with Gasteiger partial charge in [0, 0.05) is 24.9 Å². The van der Waals surface area contributed by atoms with Gasteiger partial charge in [-0.1, -0.05) is 55.5 Å². The lowest BCUT2D eigenvalue weighted by molar-refractivity contribution is -0.141. The maximum Gasteiger partial charge on any atom is 0.410 e. The SMILES string of the molecule is C[C@@H](CC[C@H]1CC(C(=O)O)N(C(=O)OCC2c3ccccc3-c3ccccc32)C1)C(=O)N1CCC[C@H]1C#N. The zero-order valence-corrected chi connectivity index (χ0v) is 21.6. The summed E-state index contributed by atoms with van der Waals surface area (Å²) in [6.07, 6.45) is 2.50. The van der Waals surface area contributed by atoms with Gasteiger partial charge >= 0.3 is 12.1 Å². The van der Waals surface area contributed by atoms with E-state index in [4.69, 9.17) is 4.74 Å². The first-order chi connectivity index (χ1) is 18.4. The summed E-state index contributed by atoms with van der Waals surface area (Å²) < 4.78 is 5.74. The van der Waals surface area contributed by atoms with Crippen LogP contribution < -0.4 is 0 Å². The summed E-state index contributed by atoms with van der Waals surface area (Å²) in [5, 5.41) is 19.1. The smallest absolute Gasteiger partial charge is 0.410 e. The molecule has 2 aliphatic heterocycles. The number of nitrogens with zero attached hydrogens (tertiary/aromatic N) is 3. The standard InChI is InChI=1S/C30H33N3O5/c1-19(28(34)32-14-6-7-21(32)16-31)12-13-20-15-27(29(35)36)33(17-20)30(37)38-18-26-24-10-4-2-8-22(24)23-9-3-5-11-25(23)26/h2-5,8-11,19-21,26-27H,6-7,12-15,17-18H2,1H3,(H,35,36)/t19-,20-,21-,27?/m0/s1. The molecule has 8 nitrogen and oxygen atoms in total. The summed E-state index contributed by atoms with van der Waals surface area (Å²) in [4.78, 5) is 41.0. The number of likely N-dealkylation sites (tertiary alicyclic amines) is 2. The Labute approximate surface area is 222 Å². The number of ether oxygens (including phenoxy) is 1. The highest BCUT2D eigenvalue weighted by molar-refractivity contribution is 5.82. The van der Waals surface area contributed by atoms with E-state index in [0.29, 0.717) is 38.8 Å². The largest absolute Gasteiger partial charge is 0.480 e. The Balaban J connectivity index is 1.19. The summed E-state index contributed by atoms with van der Waals surface area (Å²) in [7, 11) is 0. The summed E-state index contributed by atoms with van der Waals surface area (Å²) in [6.45, 7) is 2.91. The van der Waals surface area contributed by atoms with E-state index >= 15 is 0 Å². The first kappa shape index (κ1) is 25.8. The normalized spacial score (nSPS) is 23.0. The first-order valence-electron chi connectivity index (χ1n) is 13.4. The number of benzene rings is 2. The van der Waals surface area contributed by atoms with Crippen LogP contribution in [0.4, 0.5) is 4.79 Å². The van der Waals surface area contributed by atoms with Gasteiger partial charge in [-0.2, -0.15) is 5.26 Å². The lowest BCUT2D eigenvalue weighted by Gasteiger charge is -2.24. The predicted molar refractivity (Wildman–Crippen MR) is 140 cm³/mol. The molecule has 2 fully saturated rings. The molecule has 8 heteroatoms. The molecule has 5 rings (SSSR count). The Hall–Kier alpha value is -3.86. The van der Waals surface area contributed by atoms with Gasteiger partial charge in [-0.25, -0.2) is 9.59 Å². The van der Waals surface area contributed by atoms with Crippen molar-refractivity contribution in [2.45, 2.75) is 57.0 Å². The molecule has 4 atom stereocenters. The molecule has 2 amide bonds. The van der Waals surface area contributed by atoms with Gasteiger partial charge in [0.15, 0.2) is 0 Å². The molecule has 2 aromatic rings. The van der Waals surface area contributed by atoms with E-state index in [9.17, 15) is 24.8 Å². The third-order valence-corrected chi connectivity index (χ3v) is 8.36. The summed E-state index contributed by atoms with van der Waals surface area (Å²) in [6, 6.07) is 17.1. The number of fused-ring (bicyclic) bond motifs is 3. The molecule has 0 bridgehead atoms. The number of rotatable bonds is 7. The molecule has 1 N–H and O–H groups in total. The molecule has 0 spiro atoms. The Morgan fingerprint density at radius 3 is 2.37 bits per heavy atom. The number of carboxylic acids is 1. The Morgan fingerprint density at radius 1 is 1.08 bits per heavy atom. The van der Waals surface area contributed by atoms with E-state index in [2.05, 4.69) is 18.2 Å². The Morgan fingerprint density at radius 2 is 1.74 bits per heavy atom. The van der Waals surface area contributed by atoms with Crippen molar-refractivity contribution in [1.82, 2.24) is 9.80 Å². The minimum absolute atomic E-state index is 0.0183. The fourth-order valence-corrected chi connectivity index (χ4v) is 6.30. The third kappa shape index (κ3) is 4.85. The molecular weight excluding hydrogens is 482 g/mol. The Kier molecular flexibility index (Phi) is 7.37. The van der Waals surface area contributed by atoms with Crippen molar-refractivity contribution >= 4 is 18.0 Å². The summed E-state index contributed by atoms with van der Waals surface area (Å²) in [5.74, 6) is -1.44. The first-order valence-corrected chi connectivity index (χ1v) is 13.4. The van der Waals surface area contributed by atoms with Crippen molar-refractivity contribution in [3.63, 3.8) is 0 Å². The number of hydrogen-bond acceptors (Lipinski definition) is 5. The van der Waals surface area contributed by atoms with Gasteiger partial charge in [-0.3, -0.25) is 9.69 Å². The molecule has 1 unspecified atom stereocenters. The van der Waals surface area contributed by atoms with Gasteiger partial charge in [0.25, 0.3) is 0 Å². The Bertz CT molecular complexity index is 1230. The van der Waals surface area contributed by atoms with Crippen LogP contribution in [0.3, 0.4) is 0 Å². The van der Waals surface area contributed by atoms with Crippen molar-refractivity contribution in [1.29, 1.82) is 5.26 Å². The minimum atomic E-state index is -1.04. The van der Waals surface area contributed by atoms with Gasteiger partial charge in [-0.05, 0) is 60.3 Å². The van der Waals surface area contributed by atoms with Gasteiger partial charge in [0.1, 0.15) is 18.7 Å². The highest BCUT2D eigenvalue weighted by Crippen LogP contribution is 2.44. The highest BCUT2D eigenvalue weighted by Gasteiger charge is 2.41. The molecule has 3 aliphatic rings. The van der Waals surface area contributed by atoms with Crippen LogP contribution in [0.1, 0.15) is 56.1 Å². The number of hydrogen-bond donors (Lipinski definition) is 1. The molecule has 198 valence electrons. The van der Waals surface area contributed by atoms with Crippen LogP contribution in [0.25, 0.3) is 11.1 Å². The zero-order valence-electron chi connectivity index (χ0n) is 21.6. The summed E-state index contributed by atoms with van der Waals surface area (Å²) in [5.41, 5.74) is 4.47. The van der Waals surface area contributed by atoms with Crippen LogP contribution in [-0.2, 0) is 14.3 Å². The van der Waals surface area contributed by atoms with Gasteiger partial charge in [0.2, 0.25) is 5.91 Å². The van der Waals surface area contributed by atoms with Gasteiger partial charge in [-0.15, -0.1) is 0 Å². The molecular formula is C30H33N3O5. The van der Waals surface area contributed by atoms with Crippen molar-refractivity contribution < 1.29 is 24.2 Å². The zero-order chi connectivity index (χ0) is 26.8. The van der Waals surface area contributed by atoms with Crippen LogP contribution in [-0.4, -0.2) is 64.7 Å². The number of carbonyl (C=O) groups is 3. The number of amides is 2. The molecule has 2 aromatic carbocycles. The second kappa shape index (κ2) is 10.9. The van der Waals surface area contributed by atoms with Crippen LogP contribution in [0.2, 0.25) is 0 Å². The average Bonchev–Trinajstić information content (AvgIpc) is 3.66. The molecule has 2 heterocycles. The quantitative estimate of drug-likeness (QED) is 0.575. The maximum atomic E-state index is 13.1. The fourth-order valence-electron chi connectivity index (χ4n) is 6.30. The highest BCUT2D eigenvalue weighted by atomic mass is 16.6. The predicted octanol–water partition coefficient (Wildman–Crippen LogP) is 4.64. The number of aliphatic carboxylic acids is 1. The van der Waals surface area contributed by atoms with Gasteiger partial charge < -0.3 is 14.7 Å². The van der Waals surface area contributed by atoms with Crippen molar-refractivity contribution in [3.05, 3.63) is 59.7 Å². The van der Waals surface area contributed by atoms with Crippen molar-refractivity contribution in [3.8, 4) is 17.2 Å². The van der Waals surface area contributed by atoms with E-state index < -0.39 is 18.1 Å². The second-order valence-corrected chi connectivity index (χ2v) is 10.7. The van der Waals surface area contributed by atoms with Crippen LogP contribution >= 0.6 is 0 Å². The molecule has 38 heavy (non-hydrogen) atoms. The fraction of sp³-hybridized carbons (Fsp3) is 0.467. The molecule has 0 radical (unpaired) electrons. The van der Waals surface area contributed by atoms with Crippen molar-refractivity contribution in [2.24, 2.45) is 11.8 Å². The van der Waals surface area contributed by atoms with E-state index in [1.807, 2.05) is 43.3 Å². The monoisotopic (exact) mass is 515 g/mol. The molecule has 2 saturated heterocycles. The van der Waals surface area contributed by atoms with Crippen LogP contribution in [0, 0.1) is 23.2 Å². The second-order valence-electron chi connectivity index (χ2n) is 10.7. The van der Waals surface area contributed by atoms with E-state index in [1.54, 1.807) is 4.90 Å². The molecule has 0 saturated carbocycles. The summed E-state index contributed by atoms with van der Waals surface area (Å²) >= 11 is 0. The van der Waals surface area contributed by atoms with E-state index in [0.717, 1.165) is 28.7 Å². The molecule has 0 aromatic heterocycles. The average molecular weight is 516 g/mol. The topological polar surface area (TPSA) is 111 Å². The van der Waals surface area contributed by atoms with Gasteiger partial charge in [0.05, 0.1) is 6.07 Å². The maximum absolute atomic E-state index is 13.1. The van der Waals surface area contributed by atoms with E-state index in [1.165, 1.54) is 4.90 Å². The molecule has 1 aliphatic carbocycles. The number of carbonyl (C=O) groups excluding carboxylic acids is 2. The number of carboxylic acid groups (broad SMARTS) is 1.